The molecule has 214 valence electrons. The molecule has 2 fully saturated rings. The highest BCUT2D eigenvalue weighted by atomic mass is 19.1. The van der Waals surface area contributed by atoms with E-state index in [0.29, 0.717) is 38.3 Å². The Kier molecular flexibility index (Phi) is 6.72. The summed E-state index contributed by atoms with van der Waals surface area (Å²) in [6.45, 7) is 4.08. The van der Waals surface area contributed by atoms with E-state index in [1.807, 2.05) is 24.3 Å². The second-order valence-electron chi connectivity index (χ2n) is 10.8. The molecule has 0 aliphatic carbocycles. The number of aromatic amines is 1. The highest BCUT2D eigenvalue weighted by Gasteiger charge is 2.53. The van der Waals surface area contributed by atoms with E-state index in [1.165, 1.54) is 12.1 Å². The molecule has 10 heteroatoms. The van der Waals surface area contributed by atoms with Gasteiger partial charge >= 0.3 is 6.03 Å². The number of hydrogen-bond acceptors (Lipinski definition) is 5. The third-order valence-electron chi connectivity index (χ3n) is 8.44. The first-order valence-corrected chi connectivity index (χ1v) is 14.2. The number of amides is 4. The van der Waals surface area contributed by atoms with Crippen molar-refractivity contribution >= 4 is 34.4 Å². The largest absolute Gasteiger partial charge is 0.379 e. The SMILES string of the molecule is O=C(NCCN1CCOCC1)c1ccccc1N1C(=O)[C@@H]2Cc3c([nH]c4ccccc34)[C@H](c3ccc(F)cc3)N2C1=O. The smallest absolute Gasteiger partial charge is 0.332 e. The van der Waals surface area contributed by atoms with Gasteiger partial charge in [-0.25, -0.2) is 14.1 Å². The van der Waals surface area contributed by atoms with Gasteiger partial charge in [0.15, 0.2) is 0 Å². The summed E-state index contributed by atoms with van der Waals surface area (Å²) in [5.74, 6) is -1.13. The Balaban J connectivity index is 1.23. The first kappa shape index (κ1) is 26.4. The van der Waals surface area contributed by atoms with Gasteiger partial charge in [-0.05, 0) is 41.5 Å². The zero-order valence-electron chi connectivity index (χ0n) is 22.9. The molecule has 2 N–H and O–H groups in total. The average Bonchev–Trinajstić information content (AvgIpc) is 3.51. The summed E-state index contributed by atoms with van der Waals surface area (Å²) >= 11 is 0. The lowest BCUT2D eigenvalue weighted by atomic mass is 9.89. The predicted octanol–water partition coefficient (Wildman–Crippen LogP) is 3.85. The van der Waals surface area contributed by atoms with Crippen molar-refractivity contribution in [1.82, 2.24) is 20.1 Å². The number of hydrogen-bond donors (Lipinski definition) is 2. The molecule has 4 aromatic rings. The second-order valence-corrected chi connectivity index (χ2v) is 10.8. The molecule has 3 aliphatic rings. The number of imide groups is 1. The Hall–Kier alpha value is -4.54. The van der Waals surface area contributed by atoms with Crippen LogP contribution in [0.5, 0.6) is 0 Å². The summed E-state index contributed by atoms with van der Waals surface area (Å²) in [5, 5.41) is 3.93. The van der Waals surface area contributed by atoms with Crippen LogP contribution in [0.1, 0.15) is 33.2 Å². The van der Waals surface area contributed by atoms with E-state index < -0.39 is 24.0 Å². The Morgan fingerprint density at radius 1 is 0.976 bits per heavy atom. The number of para-hydroxylation sites is 2. The van der Waals surface area contributed by atoms with Crippen LogP contribution < -0.4 is 10.2 Å². The number of ether oxygens (including phenoxy) is 1. The van der Waals surface area contributed by atoms with Crippen LogP contribution in [-0.2, 0) is 16.0 Å². The minimum Gasteiger partial charge on any atom is -0.379 e. The number of morpholine rings is 1. The lowest BCUT2D eigenvalue weighted by molar-refractivity contribution is -0.120. The van der Waals surface area contributed by atoms with Crippen LogP contribution in [-0.4, -0.2) is 78.1 Å². The third kappa shape index (κ3) is 4.43. The second kappa shape index (κ2) is 10.7. The fourth-order valence-corrected chi connectivity index (χ4v) is 6.40. The van der Waals surface area contributed by atoms with E-state index in [2.05, 4.69) is 15.2 Å². The van der Waals surface area contributed by atoms with Crippen molar-refractivity contribution in [1.29, 1.82) is 0 Å². The Morgan fingerprint density at radius 2 is 1.71 bits per heavy atom. The first-order chi connectivity index (χ1) is 20.5. The Labute approximate surface area is 241 Å². The van der Waals surface area contributed by atoms with Crippen molar-refractivity contribution in [3.05, 3.63) is 101 Å². The van der Waals surface area contributed by atoms with Crippen LogP contribution in [0.15, 0.2) is 72.8 Å². The van der Waals surface area contributed by atoms with E-state index in [9.17, 15) is 18.8 Å². The highest BCUT2D eigenvalue weighted by molar-refractivity contribution is 6.24. The molecule has 0 unspecified atom stereocenters. The number of nitrogens with one attached hydrogen (secondary N) is 2. The lowest BCUT2D eigenvalue weighted by Crippen LogP contribution is -2.44. The fraction of sp³-hybridized carbons (Fsp3) is 0.281. The summed E-state index contributed by atoms with van der Waals surface area (Å²) in [5.41, 5.74) is 3.85. The number of fused-ring (bicyclic) bond motifs is 4. The highest BCUT2D eigenvalue weighted by Crippen LogP contribution is 2.45. The van der Waals surface area contributed by atoms with Gasteiger partial charge in [-0.1, -0.05) is 42.5 Å². The summed E-state index contributed by atoms with van der Waals surface area (Å²) < 4.78 is 19.3. The van der Waals surface area contributed by atoms with E-state index in [4.69, 9.17) is 4.74 Å². The lowest BCUT2D eigenvalue weighted by Gasteiger charge is -2.36. The number of halogens is 1. The summed E-state index contributed by atoms with van der Waals surface area (Å²) in [7, 11) is 0. The van der Waals surface area contributed by atoms with Crippen molar-refractivity contribution in [2.24, 2.45) is 0 Å². The van der Waals surface area contributed by atoms with Crippen LogP contribution in [0.2, 0.25) is 0 Å². The molecule has 0 radical (unpaired) electrons. The standard InChI is InChI=1S/C32H30FN5O4/c33-21-11-9-20(10-12-21)29-28-24(22-5-1-3-7-25(22)35-28)19-27-31(40)38(32(41)37(27)29)26-8-4-2-6-23(26)30(39)34-13-14-36-15-17-42-18-16-36/h1-12,27,29,35H,13-19H2,(H,34,39)/t27-,29-/m0/s1. The molecule has 3 aliphatic heterocycles. The van der Waals surface area contributed by atoms with Crippen LogP contribution in [0.4, 0.5) is 14.9 Å². The number of carbonyl (C=O) groups excluding carboxylic acids is 3. The minimum absolute atomic E-state index is 0.247. The normalized spacial score (nSPS) is 20.6. The van der Waals surface area contributed by atoms with Crippen molar-refractivity contribution in [2.75, 3.05) is 44.3 Å². The molecular weight excluding hydrogens is 537 g/mol. The molecule has 4 heterocycles. The molecular formula is C32H30FN5O4. The summed E-state index contributed by atoms with van der Waals surface area (Å²) in [4.78, 5) is 50.0. The van der Waals surface area contributed by atoms with E-state index in [-0.39, 0.29) is 23.0 Å². The van der Waals surface area contributed by atoms with Gasteiger partial charge in [0.2, 0.25) is 0 Å². The molecule has 7 rings (SSSR count). The molecule has 0 saturated carbocycles. The van der Waals surface area contributed by atoms with Gasteiger partial charge in [-0.2, -0.15) is 0 Å². The monoisotopic (exact) mass is 567 g/mol. The number of aromatic nitrogens is 1. The number of benzene rings is 3. The number of rotatable bonds is 6. The van der Waals surface area contributed by atoms with Crippen molar-refractivity contribution in [3.63, 3.8) is 0 Å². The van der Waals surface area contributed by atoms with Gasteiger partial charge < -0.3 is 15.0 Å². The Morgan fingerprint density at radius 3 is 2.52 bits per heavy atom. The molecule has 0 bridgehead atoms. The van der Waals surface area contributed by atoms with Gasteiger partial charge in [0.1, 0.15) is 17.9 Å². The number of urea groups is 1. The molecule has 3 aromatic carbocycles. The number of nitrogens with zero attached hydrogens (tertiary/aromatic N) is 3. The maximum absolute atomic E-state index is 14.2. The van der Waals surface area contributed by atoms with Gasteiger partial charge in [0.25, 0.3) is 11.8 Å². The van der Waals surface area contributed by atoms with Gasteiger partial charge in [-0.3, -0.25) is 19.4 Å². The fourth-order valence-electron chi connectivity index (χ4n) is 6.40. The summed E-state index contributed by atoms with van der Waals surface area (Å²) in [6, 6.07) is 18.6. The van der Waals surface area contributed by atoms with Crippen molar-refractivity contribution in [3.8, 4) is 0 Å². The quantitative estimate of drug-likeness (QED) is 0.345. The first-order valence-electron chi connectivity index (χ1n) is 14.2. The number of H-pyrrole nitrogens is 1. The molecule has 0 spiro atoms. The topological polar surface area (TPSA) is 98.0 Å². The van der Waals surface area contributed by atoms with Gasteiger partial charge in [-0.15, -0.1) is 0 Å². The van der Waals surface area contributed by atoms with Gasteiger partial charge in [0, 0.05) is 49.2 Å². The van der Waals surface area contributed by atoms with Crippen molar-refractivity contribution < 1.29 is 23.5 Å². The molecule has 9 nitrogen and oxygen atoms in total. The maximum Gasteiger partial charge on any atom is 0.332 e. The molecule has 42 heavy (non-hydrogen) atoms. The maximum atomic E-state index is 14.2. The Bertz CT molecular complexity index is 1680. The van der Waals surface area contributed by atoms with Crippen LogP contribution in [0, 0.1) is 5.82 Å². The van der Waals surface area contributed by atoms with E-state index in [0.717, 1.165) is 40.1 Å². The molecule has 2 atom stereocenters. The van der Waals surface area contributed by atoms with Crippen molar-refractivity contribution in [2.45, 2.75) is 18.5 Å². The molecule has 4 amide bonds. The van der Waals surface area contributed by atoms with E-state index >= 15 is 0 Å². The zero-order chi connectivity index (χ0) is 28.8. The molecule has 1 aromatic heterocycles. The van der Waals surface area contributed by atoms with Crippen LogP contribution in [0.25, 0.3) is 10.9 Å². The number of carbonyl (C=O) groups is 3. The third-order valence-corrected chi connectivity index (χ3v) is 8.44. The zero-order valence-corrected chi connectivity index (χ0v) is 22.9. The van der Waals surface area contributed by atoms with Crippen LogP contribution in [0.3, 0.4) is 0 Å². The van der Waals surface area contributed by atoms with E-state index in [1.54, 1.807) is 41.3 Å². The van der Waals surface area contributed by atoms with Gasteiger partial charge in [0.05, 0.1) is 24.5 Å². The van der Waals surface area contributed by atoms with Crippen LogP contribution >= 0.6 is 0 Å². The molecule has 2 saturated heterocycles. The average molecular weight is 568 g/mol. The minimum atomic E-state index is -0.781. The summed E-state index contributed by atoms with van der Waals surface area (Å²) in [6.07, 6.45) is 0.325. The number of anilines is 1. The predicted molar refractivity (Wildman–Crippen MR) is 155 cm³/mol.